The van der Waals surface area contributed by atoms with E-state index < -0.39 is 8.32 Å². The van der Waals surface area contributed by atoms with Crippen molar-refractivity contribution in [3.63, 3.8) is 0 Å². The van der Waals surface area contributed by atoms with E-state index in [1.807, 2.05) is 42.5 Å². The lowest BCUT2D eigenvalue weighted by atomic mass is 10.2. The number of hydrogen-bond acceptors (Lipinski definition) is 3. The van der Waals surface area contributed by atoms with Gasteiger partial charge in [0.15, 0.2) is 0 Å². The third-order valence-corrected chi connectivity index (χ3v) is 8.88. The molecular weight excluding hydrogens is 386 g/mol. The largest absolute Gasteiger partial charge is 0.496 e. The first kappa shape index (κ1) is 19.7. The molecule has 0 bridgehead atoms. The fourth-order valence-electron chi connectivity index (χ4n) is 3.61. The van der Waals surface area contributed by atoms with Gasteiger partial charge in [0.05, 0.1) is 13.3 Å². The Kier molecular flexibility index (Phi) is 6.06. The van der Waals surface area contributed by atoms with E-state index in [2.05, 4.69) is 78.0 Å². The Labute approximate surface area is 178 Å². The zero-order chi connectivity index (χ0) is 20.7. The third-order valence-electron chi connectivity index (χ3n) is 5.06. The van der Waals surface area contributed by atoms with Crippen LogP contribution in [0.25, 0.3) is 0 Å². The lowest BCUT2D eigenvalue weighted by Crippen LogP contribution is -2.68. The quantitative estimate of drug-likeness (QED) is 0.202. The molecule has 4 aromatic rings. The molecule has 0 aliphatic rings. The first-order chi connectivity index (χ1) is 14.8. The van der Waals surface area contributed by atoms with Gasteiger partial charge in [0.25, 0.3) is 0 Å². The van der Waals surface area contributed by atoms with Crippen LogP contribution < -0.4 is 20.3 Å². The summed E-state index contributed by atoms with van der Waals surface area (Å²) in [5.74, 6) is 0.760. The maximum Gasteiger partial charge on any atom is 0.380 e. The van der Waals surface area contributed by atoms with E-state index in [1.54, 1.807) is 13.3 Å². The monoisotopic (exact) mass is 409 g/mol. The zero-order valence-corrected chi connectivity index (χ0v) is 17.8. The molecule has 0 aliphatic carbocycles. The Balaban J connectivity index is 1.86. The van der Waals surface area contributed by atoms with Crippen molar-refractivity contribution in [3.8, 4) is 5.75 Å². The van der Waals surface area contributed by atoms with Crippen LogP contribution in [0.3, 0.4) is 0 Å². The van der Waals surface area contributed by atoms with Crippen LogP contribution in [0.5, 0.6) is 5.75 Å². The summed E-state index contributed by atoms with van der Waals surface area (Å²) in [7, 11) is -1.19. The normalized spacial score (nSPS) is 11.4. The number of ether oxygens (including phenoxy) is 1. The second kappa shape index (κ2) is 9.24. The van der Waals surface area contributed by atoms with Crippen molar-refractivity contribution in [1.82, 2.24) is 0 Å². The molecule has 4 rings (SSSR count). The molecule has 0 unspecified atom stereocenters. The van der Waals surface area contributed by atoms with Crippen molar-refractivity contribution in [2.75, 3.05) is 7.11 Å². The maximum absolute atomic E-state index is 6.54. The minimum Gasteiger partial charge on any atom is -0.496 e. The third kappa shape index (κ3) is 3.91. The van der Waals surface area contributed by atoms with Gasteiger partial charge in [-0.15, -0.1) is 5.16 Å². The Morgan fingerprint density at radius 1 is 0.600 bits per heavy atom. The van der Waals surface area contributed by atoms with Gasteiger partial charge in [-0.25, -0.2) is 0 Å². The number of para-hydroxylation sites is 1. The first-order valence-electron chi connectivity index (χ1n) is 9.86. The average Bonchev–Trinajstić information content (AvgIpc) is 2.84. The summed E-state index contributed by atoms with van der Waals surface area (Å²) >= 11 is 0. The molecule has 148 valence electrons. The lowest BCUT2D eigenvalue weighted by Gasteiger charge is -2.30. The predicted octanol–water partition coefficient (Wildman–Crippen LogP) is 3.71. The Morgan fingerprint density at radius 2 is 1.03 bits per heavy atom. The molecule has 0 spiro atoms. The van der Waals surface area contributed by atoms with Crippen LogP contribution in [0.4, 0.5) is 0 Å². The maximum atomic E-state index is 6.54. The smallest absolute Gasteiger partial charge is 0.380 e. The molecular formula is C26H23NO2Si. The van der Waals surface area contributed by atoms with Gasteiger partial charge in [0.2, 0.25) is 0 Å². The van der Waals surface area contributed by atoms with Crippen molar-refractivity contribution < 1.29 is 9.26 Å². The van der Waals surface area contributed by atoms with E-state index in [9.17, 15) is 0 Å². The Morgan fingerprint density at radius 3 is 1.50 bits per heavy atom. The summed E-state index contributed by atoms with van der Waals surface area (Å²) < 4.78 is 12.0. The van der Waals surface area contributed by atoms with Gasteiger partial charge in [-0.1, -0.05) is 103 Å². The van der Waals surface area contributed by atoms with Gasteiger partial charge in [-0.05, 0) is 27.7 Å². The molecule has 3 nitrogen and oxygen atoms in total. The molecule has 30 heavy (non-hydrogen) atoms. The van der Waals surface area contributed by atoms with Crippen molar-refractivity contribution in [2.45, 2.75) is 0 Å². The lowest BCUT2D eigenvalue weighted by molar-refractivity contribution is 0.351. The molecule has 0 amide bonds. The van der Waals surface area contributed by atoms with Crippen LogP contribution in [0.2, 0.25) is 0 Å². The van der Waals surface area contributed by atoms with Crippen LogP contribution >= 0.6 is 0 Å². The fraction of sp³-hybridized carbons (Fsp3) is 0.0385. The molecule has 4 heteroatoms. The standard InChI is InChI=1S/C26H23NO2Si/c1-28-26-20-12-11-13-22(26)21-27-29-30(23-14-5-2-6-15-23,24-16-7-3-8-17-24)25-18-9-4-10-19-25/h2-21H,1H3. The molecule has 0 saturated heterocycles. The van der Waals surface area contributed by atoms with E-state index in [0.717, 1.165) is 26.9 Å². The minimum atomic E-state index is -2.84. The highest BCUT2D eigenvalue weighted by Crippen LogP contribution is 2.16. The Hall–Kier alpha value is -3.63. The van der Waals surface area contributed by atoms with E-state index in [0.29, 0.717) is 0 Å². The molecule has 0 fully saturated rings. The van der Waals surface area contributed by atoms with E-state index in [-0.39, 0.29) is 0 Å². The number of benzene rings is 4. The van der Waals surface area contributed by atoms with E-state index in [4.69, 9.17) is 9.26 Å². The summed E-state index contributed by atoms with van der Waals surface area (Å²) in [5, 5.41) is 7.92. The summed E-state index contributed by atoms with van der Waals surface area (Å²) in [6.45, 7) is 0. The summed E-state index contributed by atoms with van der Waals surface area (Å²) in [6, 6.07) is 38.9. The number of methoxy groups -OCH3 is 1. The van der Waals surface area contributed by atoms with Crippen molar-refractivity contribution in [1.29, 1.82) is 0 Å². The Bertz CT molecular complexity index is 1000. The van der Waals surface area contributed by atoms with Crippen molar-refractivity contribution in [2.24, 2.45) is 5.16 Å². The predicted molar refractivity (Wildman–Crippen MR) is 126 cm³/mol. The number of hydrogen-bond donors (Lipinski definition) is 0. The highest BCUT2D eigenvalue weighted by Gasteiger charge is 2.44. The van der Waals surface area contributed by atoms with Crippen LogP contribution in [0.1, 0.15) is 5.56 Å². The highest BCUT2D eigenvalue weighted by atomic mass is 28.4. The molecule has 0 aliphatic heterocycles. The summed E-state index contributed by atoms with van der Waals surface area (Å²) in [4.78, 5) is 0. The molecule has 0 heterocycles. The molecule has 0 saturated carbocycles. The van der Waals surface area contributed by atoms with Gasteiger partial charge in [-0.2, -0.15) is 0 Å². The number of rotatable bonds is 7. The minimum absolute atomic E-state index is 0.760. The van der Waals surface area contributed by atoms with Crippen molar-refractivity contribution in [3.05, 3.63) is 121 Å². The summed E-state index contributed by atoms with van der Waals surface area (Å²) in [6.07, 6.45) is 1.73. The molecule has 0 radical (unpaired) electrons. The van der Waals surface area contributed by atoms with Gasteiger partial charge in [0, 0.05) is 5.56 Å². The average molecular weight is 410 g/mol. The second-order valence-electron chi connectivity index (χ2n) is 6.85. The van der Waals surface area contributed by atoms with Crippen LogP contribution in [-0.2, 0) is 4.53 Å². The SMILES string of the molecule is COc1ccccc1C=NO[Si](c1ccccc1)(c1ccccc1)c1ccccc1. The van der Waals surface area contributed by atoms with Crippen molar-refractivity contribution >= 4 is 30.1 Å². The van der Waals surface area contributed by atoms with Crippen LogP contribution in [0, 0.1) is 0 Å². The first-order valence-corrected chi connectivity index (χ1v) is 11.8. The van der Waals surface area contributed by atoms with Gasteiger partial charge in [-0.3, -0.25) is 0 Å². The number of oxime groups is 1. The van der Waals surface area contributed by atoms with Crippen LogP contribution in [-0.4, -0.2) is 21.6 Å². The topological polar surface area (TPSA) is 30.8 Å². The highest BCUT2D eigenvalue weighted by molar-refractivity contribution is 7.07. The van der Waals surface area contributed by atoms with E-state index >= 15 is 0 Å². The molecule has 0 atom stereocenters. The molecule has 4 aromatic carbocycles. The van der Waals surface area contributed by atoms with E-state index in [1.165, 1.54) is 0 Å². The number of nitrogens with zero attached hydrogens (tertiary/aromatic N) is 1. The van der Waals surface area contributed by atoms with Gasteiger partial charge in [0.1, 0.15) is 5.75 Å². The summed E-state index contributed by atoms with van der Waals surface area (Å²) in [5.41, 5.74) is 0.872. The van der Waals surface area contributed by atoms with Crippen LogP contribution in [0.15, 0.2) is 120 Å². The molecule has 0 N–H and O–H groups in total. The zero-order valence-electron chi connectivity index (χ0n) is 16.8. The molecule has 0 aromatic heterocycles. The fourth-order valence-corrected chi connectivity index (χ4v) is 7.12. The second-order valence-corrected chi connectivity index (χ2v) is 10.1. The van der Waals surface area contributed by atoms with Gasteiger partial charge >= 0.3 is 8.32 Å². The van der Waals surface area contributed by atoms with Gasteiger partial charge < -0.3 is 9.26 Å².